The van der Waals surface area contributed by atoms with Crippen LogP contribution >= 0.6 is 0 Å². The zero-order valence-electron chi connectivity index (χ0n) is 18.4. The number of aryl methyl sites for hydroxylation is 1. The molecule has 0 atom stereocenters. The van der Waals surface area contributed by atoms with Crippen molar-refractivity contribution in [1.82, 2.24) is 19.9 Å². The third-order valence-corrected chi connectivity index (χ3v) is 5.21. The van der Waals surface area contributed by atoms with Crippen LogP contribution < -0.4 is 10.6 Å². The molecule has 7 nitrogen and oxygen atoms in total. The van der Waals surface area contributed by atoms with E-state index >= 15 is 0 Å². The van der Waals surface area contributed by atoms with Crippen LogP contribution in [0.15, 0.2) is 36.5 Å². The summed E-state index contributed by atoms with van der Waals surface area (Å²) < 4.78 is 1.81. The van der Waals surface area contributed by atoms with E-state index < -0.39 is 5.60 Å². The highest BCUT2D eigenvalue weighted by atomic mass is 16.3. The molecule has 1 amide bonds. The van der Waals surface area contributed by atoms with Gasteiger partial charge in [0.25, 0.3) is 5.91 Å². The highest BCUT2D eigenvalue weighted by molar-refractivity contribution is 5.96. The zero-order chi connectivity index (χ0) is 22.2. The van der Waals surface area contributed by atoms with E-state index in [4.69, 9.17) is 5.10 Å². The lowest BCUT2D eigenvalue weighted by atomic mass is 10.0. The molecule has 2 heterocycles. The van der Waals surface area contributed by atoms with Crippen molar-refractivity contribution in [2.75, 3.05) is 11.9 Å². The van der Waals surface area contributed by atoms with Gasteiger partial charge in [0, 0.05) is 23.7 Å². The normalized spacial score (nSPS) is 14.4. The van der Waals surface area contributed by atoms with Gasteiger partial charge >= 0.3 is 0 Å². The van der Waals surface area contributed by atoms with E-state index in [9.17, 15) is 9.90 Å². The first-order valence-corrected chi connectivity index (χ1v) is 10.6. The highest BCUT2D eigenvalue weighted by Crippen LogP contribution is 2.27. The monoisotopic (exact) mass is 419 g/mol. The number of nitrogens with zero attached hydrogens (tertiary/aromatic N) is 3. The minimum Gasteiger partial charge on any atom is -0.389 e. The van der Waals surface area contributed by atoms with Gasteiger partial charge in [0.2, 0.25) is 0 Å². The molecule has 1 aromatic carbocycles. The van der Waals surface area contributed by atoms with Gasteiger partial charge in [-0.15, -0.1) is 0 Å². The molecule has 1 aliphatic rings. The fourth-order valence-electron chi connectivity index (χ4n) is 3.45. The van der Waals surface area contributed by atoms with Gasteiger partial charge in [-0.2, -0.15) is 5.10 Å². The summed E-state index contributed by atoms with van der Waals surface area (Å²) in [6.07, 6.45) is 7.77. The Morgan fingerprint density at radius 1 is 1.32 bits per heavy atom. The summed E-state index contributed by atoms with van der Waals surface area (Å²) in [5.41, 5.74) is 4.79. The molecule has 162 valence electrons. The second-order valence-electron chi connectivity index (χ2n) is 8.81. The van der Waals surface area contributed by atoms with Crippen molar-refractivity contribution in [3.8, 4) is 11.3 Å². The van der Waals surface area contributed by atoms with Gasteiger partial charge in [0.1, 0.15) is 0 Å². The number of carbonyl (C=O) groups is 1. The van der Waals surface area contributed by atoms with Crippen molar-refractivity contribution < 1.29 is 9.90 Å². The fraction of sp³-hybridized carbons (Fsp3) is 0.375. The van der Waals surface area contributed by atoms with Crippen molar-refractivity contribution in [2.45, 2.75) is 52.2 Å². The van der Waals surface area contributed by atoms with E-state index in [1.807, 2.05) is 50.3 Å². The number of aliphatic hydroxyl groups is 1. The fourth-order valence-corrected chi connectivity index (χ4v) is 3.45. The Hall–Kier alpha value is -3.19. The van der Waals surface area contributed by atoms with Crippen molar-refractivity contribution in [2.24, 2.45) is 0 Å². The molecule has 3 N–H and O–H groups in total. The number of rotatable bonds is 7. The minimum atomic E-state index is -0.857. The van der Waals surface area contributed by atoms with Crippen molar-refractivity contribution in [1.29, 1.82) is 0 Å². The SMILES string of the molecule is C/C=C\c1cc(NCC(C)(C)O)c2ncc(-c3ccc(C(=O)NC4CC4)c(C)c3)n2n1. The molecule has 31 heavy (non-hydrogen) atoms. The second kappa shape index (κ2) is 8.15. The lowest BCUT2D eigenvalue weighted by Gasteiger charge is -2.19. The summed E-state index contributed by atoms with van der Waals surface area (Å²) in [5, 5.41) is 21.2. The number of carbonyl (C=O) groups excluding carboxylic acids is 1. The van der Waals surface area contributed by atoms with E-state index in [2.05, 4.69) is 15.6 Å². The van der Waals surface area contributed by atoms with Gasteiger partial charge < -0.3 is 15.7 Å². The zero-order valence-corrected chi connectivity index (χ0v) is 18.4. The minimum absolute atomic E-state index is 0.0173. The lowest BCUT2D eigenvalue weighted by Crippen LogP contribution is -2.29. The van der Waals surface area contributed by atoms with Gasteiger partial charge in [0.05, 0.1) is 28.9 Å². The highest BCUT2D eigenvalue weighted by Gasteiger charge is 2.24. The van der Waals surface area contributed by atoms with Crippen molar-refractivity contribution in [3.63, 3.8) is 0 Å². The molecule has 0 aliphatic heterocycles. The Balaban J connectivity index is 1.72. The predicted molar refractivity (Wildman–Crippen MR) is 123 cm³/mol. The smallest absolute Gasteiger partial charge is 0.251 e. The Morgan fingerprint density at radius 3 is 2.74 bits per heavy atom. The first-order chi connectivity index (χ1) is 14.7. The largest absolute Gasteiger partial charge is 0.389 e. The number of aromatic nitrogens is 3. The number of hydrogen-bond donors (Lipinski definition) is 3. The van der Waals surface area contributed by atoms with Crippen LogP contribution in [0.2, 0.25) is 0 Å². The summed E-state index contributed by atoms with van der Waals surface area (Å²) in [6, 6.07) is 8.06. The van der Waals surface area contributed by atoms with Crippen LogP contribution in [0, 0.1) is 6.92 Å². The number of amides is 1. The molecule has 0 bridgehead atoms. The summed E-state index contributed by atoms with van der Waals surface area (Å²) >= 11 is 0. The average Bonchev–Trinajstić information content (AvgIpc) is 3.41. The molecule has 0 radical (unpaired) electrons. The van der Waals surface area contributed by atoms with E-state index in [1.54, 1.807) is 24.6 Å². The summed E-state index contributed by atoms with van der Waals surface area (Å²) in [7, 11) is 0. The third-order valence-electron chi connectivity index (χ3n) is 5.21. The topological polar surface area (TPSA) is 91.5 Å². The molecule has 0 saturated heterocycles. The van der Waals surface area contributed by atoms with Crippen LogP contribution in [0.4, 0.5) is 5.69 Å². The van der Waals surface area contributed by atoms with Crippen LogP contribution in [-0.4, -0.2) is 43.8 Å². The average molecular weight is 420 g/mol. The number of benzene rings is 1. The van der Waals surface area contributed by atoms with Crippen molar-refractivity contribution >= 4 is 23.3 Å². The van der Waals surface area contributed by atoms with Gasteiger partial charge in [-0.05, 0) is 70.4 Å². The number of nitrogens with one attached hydrogen (secondary N) is 2. The van der Waals surface area contributed by atoms with E-state index in [1.165, 1.54) is 0 Å². The molecule has 3 aromatic rings. The molecular weight excluding hydrogens is 390 g/mol. The first kappa shape index (κ1) is 21.1. The molecule has 0 unspecified atom stereocenters. The molecule has 1 fully saturated rings. The Morgan fingerprint density at radius 2 is 2.10 bits per heavy atom. The van der Waals surface area contributed by atoms with Gasteiger partial charge in [-0.3, -0.25) is 4.79 Å². The molecule has 1 aliphatic carbocycles. The number of fused-ring (bicyclic) bond motifs is 1. The molecule has 2 aromatic heterocycles. The molecule has 4 rings (SSSR count). The quantitative estimate of drug-likeness (QED) is 0.542. The van der Waals surface area contributed by atoms with E-state index in [0.29, 0.717) is 23.8 Å². The maximum absolute atomic E-state index is 12.5. The van der Waals surface area contributed by atoms with Crippen LogP contribution in [0.1, 0.15) is 55.2 Å². The van der Waals surface area contributed by atoms with Crippen LogP contribution in [-0.2, 0) is 0 Å². The number of anilines is 1. The standard InChI is InChI=1S/C24H29N5O2/c1-5-6-18-12-20(26-14-24(3,4)31)22-25-13-21(29(22)28-18)16-7-10-19(15(2)11-16)23(30)27-17-8-9-17/h5-7,10-13,17,26,31H,8-9,14H2,1-4H3,(H,27,30)/b6-5-. The Bertz CT molecular complexity index is 1150. The summed E-state index contributed by atoms with van der Waals surface area (Å²) in [4.78, 5) is 17.0. The van der Waals surface area contributed by atoms with Crippen LogP contribution in [0.5, 0.6) is 0 Å². The van der Waals surface area contributed by atoms with E-state index in [-0.39, 0.29) is 5.91 Å². The summed E-state index contributed by atoms with van der Waals surface area (Å²) in [6.45, 7) is 7.79. The molecular formula is C24H29N5O2. The maximum atomic E-state index is 12.5. The molecule has 7 heteroatoms. The second-order valence-corrected chi connectivity index (χ2v) is 8.81. The lowest BCUT2D eigenvalue weighted by molar-refractivity contribution is 0.0940. The third kappa shape index (κ3) is 4.77. The number of imidazole rings is 1. The molecule has 1 saturated carbocycles. The van der Waals surface area contributed by atoms with E-state index in [0.717, 1.165) is 41.0 Å². The van der Waals surface area contributed by atoms with Gasteiger partial charge in [0.15, 0.2) is 5.65 Å². The Labute approximate surface area is 182 Å². The van der Waals surface area contributed by atoms with Gasteiger partial charge in [-0.25, -0.2) is 9.50 Å². The van der Waals surface area contributed by atoms with Crippen molar-refractivity contribution in [3.05, 3.63) is 53.4 Å². The maximum Gasteiger partial charge on any atom is 0.251 e. The van der Waals surface area contributed by atoms with Gasteiger partial charge in [-0.1, -0.05) is 12.1 Å². The van der Waals surface area contributed by atoms with Crippen LogP contribution in [0.25, 0.3) is 23.0 Å². The molecule has 0 spiro atoms. The number of allylic oxidation sites excluding steroid dienone is 1. The summed E-state index contributed by atoms with van der Waals surface area (Å²) in [5.74, 6) is -0.0173. The number of hydrogen-bond acceptors (Lipinski definition) is 5. The Kier molecular flexibility index (Phi) is 5.54. The first-order valence-electron chi connectivity index (χ1n) is 10.6. The predicted octanol–water partition coefficient (Wildman–Crippen LogP) is 3.81. The van der Waals surface area contributed by atoms with Crippen LogP contribution in [0.3, 0.4) is 0 Å².